The van der Waals surface area contributed by atoms with Gasteiger partial charge >= 0.3 is 0 Å². The lowest BCUT2D eigenvalue weighted by Gasteiger charge is -2.15. The molecule has 94 valence electrons. The fourth-order valence-corrected chi connectivity index (χ4v) is 2.14. The van der Waals surface area contributed by atoms with Crippen LogP contribution in [0.5, 0.6) is 5.75 Å². The molecule has 3 heteroatoms. The fraction of sp³-hybridized carbons (Fsp3) is 0.500. The monoisotopic (exact) mass is 254 g/mol. The number of Topliss-reactive ketones (excluding diaryl/α,β-unsaturated/α-hetero) is 1. The van der Waals surface area contributed by atoms with Crippen molar-refractivity contribution in [2.45, 2.75) is 33.1 Å². The highest BCUT2D eigenvalue weighted by Gasteiger charge is 2.17. The van der Waals surface area contributed by atoms with Crippen molar-refractivity contribution in [3.63, 3.8) is 0 Å². The SMILES string of the molecule is CCC(=O)C(CC)Cc1cc(Cl)ccc1OC. The van der Waals surface area contributed by atoms with E-state index in [4.69, 9.17) is 16.3 Å². The van der Waals surface area contributed by atoms with E-state index in [9.17, 15) is 4.79 Å². The van der Waals surface area contributed by atoms with Crippen molar-refractivity contribution in [1.82, 2.24) is 0 Å². The lowest BCUT2D eigenvalue weighted by molar-refractivity contribution is -0.122. The molecule has 0 saturated heterocycles. The molecule has 0 saturated carbocycles. The lowest BCUT2D eigenvalue weighted by atomic mass is 9.91. The summed E-state index contributed by atoms with van der Waals surface area (Å²) in [6.45, 7) is 3.94. The van der Waals surface area contributed by atoms with E-state index in [1.165, 1.54) is 0 Å². The molecule has 0 amide bonds. The maximum atomic E-state index is 11.8. The van der Waals surface area contributed by atoms with Crippen LogP contribution in [-0.4, -0.2) is 12.9 Å². The third-order valence-corrected chi connectivity index (χ3v) is 3.24. The smallest absolute Gasteiger partial charge is 0.136 e. The van der Waals surface area contributed by atoms with Gasteiger partial charge in [-0.3, -0.25) is 4.79 Å². The summed E-state index contributed by atoms with van der Waals surface area (Å²) >= 11 is 5.97. The highest BCUT2D eigenvalue weighted by molar-refractivity contribution is 6.30. The van der Waals surface area contributed by atoms with Crippen molar-refractivity contribution in [3.05, 3.63) is 28.8 Å². The Kier molecular flexibility index (Phi) is 5.49. The van der Waals surface area contributed by atoms with Gasteiger partial charge in [-0.1, -0.05) is 25.4 Å². The van der Waals surface area contributed by atoms with Crippen molar-refractivity contribution in [2.24, 2.45) is 5.92 Å². The van der Waals surface area contributed by atoms with Gasteiger partial charge in [0.15, 0.2) is 0 Å². The second-order valence-electron chi connectivity index (χ2n) is 4.09. The van der Waals surface area contributed by atoms with Crippen molar-refractivity contribution in [2.75, 3.05) is 7.11 Å². The number of hydrogen-bond acceptors (Lipinski definition) is 2. The maximum absolute atomic E-state index is 11.8. The number of hydrogen-bond donors (Lipinski definition) is 0. The van der Waals surface area contributed by atoms with Gasteiger partial charge < -0.3 is 4.74 Å². The topological polar surface area (TPSA) is 26.3 Å². The van der Waals surface area contributed by atoms with Gasteiger partial charge in [-0.2, -0.15) is 0 Å². The van der Waals surface area contributed by atoms with Crippen molar-refractivity contribution in [3.8, 4) is 5.75 Å². The standard InChI is InChI=1S/C14H19ClO2/c1-4-10(13(16)5-2)8-11-9-12(15)6-7-14(11)17-3/h6-7,9-10H,4-5,8H2,1-3H3. The Bertz CT molecular complexity index is 388. The zero-order valence-electron chi connectivity index (χ0n) is 10.6. The molecule has 0 spiro atoms. The van der Waals surface area contributed by atoms with Gasteiger partial charge in [0.1, 0.15) is 11.5 Å². The molecule has 0 N–H and O–H groups in total. The zero-order valence-corrected chi connectivity index (χ0v) is 11.4. The Labute approximate surface area is 108 Å². The van der Waals surface area contributed by atoms with Gasteiger partial charge in [0.05, 0.1) is 7.11 Å². The van der Waals surface area contributed by atoms with E-state index in [1.54, 1.807) is 13.2 Å². The summed E-state index contributed by atoms with van der Waals surface area (Å²) in [5.74, 6) is 1.17. The van der Waals surface area contributed by atoms with Crippen LogP contribution in [0.25, 0.3) is 0 Å². The van der Waals surface area contributed by atoms with Gasteiger partial charge in [0.2, 0.25) is 0 Å². The summed E-state index contributed by atoms with van der Waals surface area (Å²) in [6.07, 6.45) is 2.14. The predicted molar refractivity (Wildman–Crippen MR) is 70.8 cm³/mol. The van der Waals surface area contributed by atoms with Crippen LogP contribution in [0.15, 0.2) is 18.2 Å². The summed E-state index contributed by atoms with van der Waals surface area (Å²) in [5, 5.41) is 0.680. The van der Waals surface area contributed by atoms with E-state index in [-0.39, 0.29) is 5.92 Å². The first kappa shape index (κ1) is 14.0. The summed E-state index contributed by atoms with van der Waals surface area (Å²) in [4.78, 5) is 11.8. The number of carbonyl (C=O) groups is 1. The number of ether oxygens (including phenoxy) is 1. The Morgan fingerprint density at radius 3 is 2.65 bits per heavy atom. The zero-order chi connectivity index (χ0) is 12.8. The Morgan fingerprint density at radius 2 is 2.12 bits per heavy atom. The first-order valence-electron chi connectivity index (χ1n) is 5.97. The minimum absolute atomic E-state index is 0.0624. The van der Waals surface area contributed by atoms with Crippen molar-refractivity contribution >= 4 is 17.4 Å². The second kappa shape index (κ2) is 6.65. The normalized spacial score (nSPS) is 12.2. The number of rotatable bonds is 6. The molecular weight excluding hydrogens is 236 g/mol. The highest BCUT2D eigenvalue weighted by Crippen LogP contribution is 2.26. The van der Waals surface area contributed by atoms with Gasteiger partial charge in [-0.25, -0.2) is 0 Å². The Balaban J connectivity index is 2.92. The summed E-state index contributed by atoms with van der Waals surface area (Å²) in [7, 11) is 1.63. The Hall–Kier alpha value is -1.02. The third kappa shape index (κ3) is 3.74. The maximum Gasteiger partial charge on any atom is 0.136 e. The molecule has 0 aliphatic carbocycles. The van der Waals surface area contributed by atoms with E-state index < -0.39 is 0 Å². The van der Waals surface area contributed by atoms with Gasteiger partial charge in [-0.05, 0) is 36.6 Å². The van der Waals surface area contributed by atoms with E-state index in [1.807, 2.05) is 26.0 Å². The van der Waals surface area contributed by atoms with Crippen LogP contribution in [-0.2, 0) is 11.2 Å². The number of ketones is 1. The molecule has 0 aromatic heterocycles. The molecule has 0 fully saturated rings. The predicted octanol–water partition coefficient (Wildman–Crippen LogP) is 3.90. The quantitative estimate of drug-likeness (QED) is 0.770. The largest absolute Gasteiger partial charge is 0.496 e. The molecule has 1 unspecified atom stereocenters. The van der Waals surface area contributed by atoms with E-state index in [0.29, 0.717) is 23.6 Å². The summed E-state index contributed by atoms with van der Waals surface area (Å²) in [5.41, 5.74) is 1.01. The summed E-state index contributed by atoms with van der Waals surface area (Å²) < 4.78 is 5.29. The van der Waals surface area contributed by atoms with Gasteiger partial charge in [-0.15, -0.1) is 0 Å². The van der Waals surface area contributed by atoms with Crippen LogP contribution in [0.4, 0.5) is 0 Å². The molecule has 0 radical (unpaired) electrons. The molecule has 0 bridgehead atoms. The average molecular weight is 255 g/mol. The van der Waals surface area contributed by atoms with E-state index >= 15 is 0 Å². The van der Waals surface area contributed by atoms with Crippen LogP contribution in [0.2, 0.25) is 5.02 Å². The molecule has 2 nitrogen and oxygen atoms in total. The molecule has 17 heavy (non-hydrogen) atoms. The first-order chi connectivity index (χ1) is 8.12. The average Bonchev–Trinajstić information content (AvgIpc) is 2.35. The number of carbonyl (C=O) groups excluding carboxylic acids is 1. The van der Waals surface area contributed by atoms with Crippen molar-refractivity contribution < 1.29 is 9.53 Å². The van der Waals surface area contributed by atoms with Gasteiger partial charge in [0, 0.05) is 17.4 Å². The molecule has 1 aromatic rings. The van der Waals surface area contributed by atoms with Gasteiger partial charge in [0.25, 0.3) is 0 Å². The molecule has 0 aliphatic rings. The highest BCUT2D eigenvalue weighted by atomic mass is 35.5. The lowest BCUT2D eigenvalue weighted by Crippen LogP contribution is -2.15. The number of halogens is 1. The minimum atomic E-state index is 0.0624. The molecule has 0 aliphatic heterocycles. The van der Waals surface area contributed by atoms with Crippen LogP contribution in [0, 0.1) is 5.92 Å². The molecule has 1 atom stereocenters. The molecule has 0 heterocycles. The second-order valence-corrected chi connectivity index (χ2v) is 4.52. The fourth-order valence-electron chi connectivity index (χ4n) is 1.95. The van der Waals surface area contributed by atoms with Crippen molar-refractivity contribution in [1.29, 1.82) is 0 Å². The molecule has 1 rings (SSSR count). The van der Waals surface area contributed by atoms with Crippen LogP contribution in [0.3, 0.4) is 0 Å². The first-order valence-corrected chi connectivity index (χ1v) is 6.35. The van der Waals surface area contributed by atoms with E-state index in [2.05, 4.69) is 0 Å². The minimum Gasteiger partial charge on any atom is -0.496 e. The molecule has 1 aromatic carbocycles. The number of benzene rings is 1. The van der Waals surface area contributed by atoms with E-state index in [0.717, 1.165) is 17.7 Å². The third-order valence-electron chi connectivity index (χ3n) is 3.01. The summed E-state index contributed by atoms with van der Waals surface area (Å²) in [6, 6.07) is 5.53. The van der Waals surface area contributed by atoms with Crippen LogP contribution in [0.1, 0.15) is 32.3 Å². The molecular formula is C14H19ClO2. The number of methoxy groups -OCH3 is 1. The van der Waals surface area contributed by atoms with Crippen LogP contribution >= 0.6 is 11.6 Å². The van der Waals surface area contributed by atoms with Crippen LogP contribution < -0.4 is 4.74 Å². The Morgan fingerprint density at radius 1 is 1.41 bits per heavy atom.